The maximum Gasteiger partial charge on any atom is 0.122 e. The Morgan fingerprint density at radius 3 is 2.31 bits per heavy atom. The maximum atomic E-state index is 8.83. The monoisotopic (exact) mass is 257 g/mol. The van der Waals surface area contributed by atoms with Crippen LogP contribution in [0, 0.1) is 16.7 Å². The summed E-state index contributed by atoms with van der Waals surface area (Å²) in [5.74, 6) is 0.631. The lowest BCUT2D eigenvalue weighted by atomic mass is 9.92. The van der Waals surface area contributed by atoms with E-state index in [1.807, 2.05) is 13.8 Å². The molecule has 0 aliphatic rings. The number of ether oxygens (including phenoxy) is 1. The zero-order valence-corrected chi connectivity index (χ0v) is 10.8. The zero-order chi connectivity index (χ0) is 12.2. The van der Waals surface area contributed by atoms with Crippen LogP contribution in [0.5, 0.6) is 5.75 Å². The molecule has 0 aliphatic carbocycles. The van der Waals surface area contributed by atoms with Crippen LogP contribution >= 0.6 is 23.2 Å². The molecule has 0 spiro atoms. The normalized spacial score (nSPS) is 10.9. The number of benzene rings is 1. The van der Waals surface area contributed by atoms with Crippen molar-refractivity contribution in [2.75, 3.05) is 6.61 Å². The fraction of sp³-hybridized carbons (Fsp3) is 0.417. The van der Waals surface area contributed by atoms with Gasteiger partial charge in [0.1, 0.15) is 5.75 Å². The Morgan fingerprint density at radius 2 is 1.81 bits per heavy atom. The molecular formula is C12H13Cl2NO. The SMILES string of the molecule is CC(C)(C#N)CCOc1cc(Cl)cc(Cl)c1. The van der Waals surface area contributed by atoms with E-state index in [2.05, 4.69) is 6.07 Å². The van der Waals surface area contributed by atoms with Gasteiger partial charge in [-0.15, -0.1) is 0 Å². The highest BCUT2D eigenvalue weighted by molar-refractivity contribution is 6.34. The highest BCUT2D eigenvalue weighted by Crippen LogP contribution is 2.25. The first-order chi connectivity index (χ1) is 7.43. The van der Waals surface area contributed by atoms with Gasteiger partial charge in [0.15, 0.2) is 0 Å². The summed E-state index contributed by atoms with van der Waals surface area (Å²) < 4.78 is 5.49. The van der Waals surface area contributed by atoms with Gasteiger partial charge in [-0.05, 0) is 38.5 Å². The molecule has 1 rings (SSSR count). The van der Waals surface area contributed by atoms with Crippen molar-refractivity contribution in [1.29, 1.82) is 5.26 Å². The first-order valence-corrected chi connectivity index (χ1v) is 5.69. The molecule has 0 saturated carbocycles. The first-order valence-electron chi connectivity index (χ1n) is 4.93. The van der Waals surface area contributed by atoms with Crippen molar-refractivity contribution < 1.29 is 4.74 Å². The molecule has 0 amide bonds. The molecule has 0 bridgehead atoms. The van der Waals surface area contributed by atoms with Gasteiger partial charge in [0.2, 0.25) is 0 Å². The summed E-state index contributed by atoms with van der Waals surface area (Å²) in [7, 11) is 0. The van der Waals surface area contributed by atoms with Gasteiger partial charge in [0.25, 0.3) is 0 Å². The topological polar surface area (TPSA) is 33.0 Å². The van der Waals surface area contributed by atoms with Crippen LogP contribution in [0.3, 0.4) is 0 Å². The van der Waals surface area contributed by atoms with E-state index in [0.29, 0.717) is 28.8 Å². The second-order valence-electron chi connectivity index (χ2n) is 4.20. The van der Waals surface area contributed by atoms with Crippen molar-refractivity contribution in [1.82, 2.24) is 0 Å². The highest BCUT2D eigenvalue weighted by Gasteiger charge is 2.16. The van der Waals surface area contributed by atoms with E-state index < -0.39 is 0 Å². The molecule has 2 nitrogen and oxygen atoms in total. The van der Waals surface area contributed by atoms with Crippen LogP contribution in [0.1, 0.15) is 20.3 Å². The summed E-state index contributed by atoms with van der Waals surface area (Å²) >= 11 is 11.7. The summed E-state index contributed by atoms with van der Waals surface area (Å²) in [6.07, 6.45) is 0.660. The average Bonchev–Trinajstić information content (AvgIpc) is 2.16. The highest BCUT2D eigenvalue weighted by atomic mass is 35.5. The molecule has 1 aromatic carbocycles. The van der Waals surface area contributed by atoms with E-state index in [0.717, 1.165) is 0 Å². The standard InChI is InChI=1S/C12H13Cl2NO/c1-12(2,8-15)3-4-16-11-6-9(13)5-10(14)7-11/h5-7H,3-4H2,1-2H3. The van der Waals surface area contributed by atoms with Crippen LogP contribution in [-0.4, -0.2) is 6.61 Å². The van der Waals surface area contributed by atoms with Crippen molar-refractivity contribution >= 4 is 23.2 Å². The summed E-state index contributed by atoms with van der Waals surface area (Å²) in [5, 5.41) is 9.92. The van der Waals surface area contributed by atoms with E-state index in [1.165, 1.54) is 0 Å². The number of halogens is 2. The molecule has 16 heavy (non-hydrogen) atoms. The van der Waals surface area contributed by atoms with Gasteiger partial charge >= 0.3 is 0 Å². The second-order valence-corrected chi connectivity index (χ2v) is 5.07. The number of hydrogen-bond acceptors (Lipinski definition) is 2. The first kappa shape index (κ1) is 13.2. The molecule has 0 unspecified atom stereocenters. The minimum absolute atomic E-state index is 0.373. The molecule has 0 saturated heterocycles. The lowest BCUT2D eigenvalue weighted by Gasteiger charge is -2.15. The minimum atomic E-state index is -0.373. The number of nitriles is 1. The summed E-state index contributed by atoms with van der Waals surface area (Å²) in [6.45, 7) is 4.22. The van der Waals surface area contributed by atoms with Crippen molar-refractivity contribution in [3.63, 3.8) is 0 Å². The molecule has 0 fully saturated rings. The van der Waals surface area contributed by atoms with Crippen LogP contribution in [0.15, 0.2) is 18.2 Å². The summed E-state index contributed by atoms with van der Waals surface area (Å²) in [4.78, 5) is 0. The van der Waals surface area contributed by atoms with Crippen LogP contribution in [0.25, 0.3) is 0 Å². The van der Waals surface area contributed by atoms with Crippen molar-refractivity contribution in [2.45, 2.75) is 20.3 Å². The molecule has 0 aromatic heterocycles. The van der Waals surface area contributed by atoms with Gasteiger partial charge in [-0.1, -0.05) is 23.2 Å². The Labute approximate surface area is 106 Å². The quantitative estimate of drug-likeness (QED) is 0.806. The van der Waals surface area contributed by atoms with Crippen molar-refractivity contribution in [3.8, 4) is 11.8 Å². The molecular weight excluding hydrogens is 245 g/mol. The average molecular weight is 258 g/mol. The van der Waals surface area contributed by atoms with E-state index >= 15 is 0 Å². The summed E-state index contributed by atoms with van der Waals surface area (Å²) in [5.41, 5.74) is -0.373. The molecule has 0 radical (unpaired) electrons. The molecule has 0 N–H and O–H groups in total. The zero-order valence-electron chi connectivity index (χ0n) is 9.26. The third-order valence-electron chi connectivity index (χ3n) is 2.13. The van der Waals surface area contributed by atoms with Gasteiger partial charge in [-0.25, -0.2) is 0 Å². The van der Waals surface area contributed by atoms with Crippen molar-refractivity contribution in [3.05, 3.63) is 28.2 Å². The van der Waals surface area contributed by atoms with Gasteiger partial charge in [-0.2, -0.15) is 5.26 Å². The van der Waals surface area contributed by atoms with E-state index in [1.54, 1.807) is 18.2 Å². The minimum Gasteiger partial charge on any atom is -0.493 e. The third-order valence-corrected chi connectivity index (χ3v) is 2.57. The van der Waals surface area contributed by atoms with Crippen LogP contribution < -0.4 is 4.74 Å². The molecule has 0 heterocycles. The van der Waals surface area contributed by atoms with E-state index in [-0.39, 0.29) is 5.41 Å². The van der Waals surface area contributed by atoms with Gasteiger partial charge in [0.05, 0.1) is 18.1 Å². The van der Waals surface area contributed by atoms with E-state index in [4.69, 9.17) is 33.2 Å². The third kappa shape index (κ3) is 4.30. The Bertz CT molecular complexity index is 390. The fourth-order valence-electron chi connectivity index (χ4n) is 1.09. The maximum absolute atomic E-state index is 8.83. The molecule has 4 heteroatoms. The predicted molar refractivity (Wildman–Crippen MR) is 66.0 cm³/mol. The Hall–Kier alpha value is -0.910. The largest absolute Gasteiger partial charge is 0.493 e. The van der Waals surface area contributed by atoms with Gasteiger partial charge in [-0.3, -0.25) is 0 Å². The number of hydrogen-bond donors (Lipinski definition) is 0. The lowest BCUT2D eigenvalue weighted by molar-refractivity contribution is 0.264. The summed E-state index contributed by atoms with van der Waals surface area (Å²) in [6, 6.07) is 7.27. The Balaban J connectivity index is 2.53. The van der Waals surface area contributed by atoms with E-state index in [9.17, 15) is 0 Å². The second kappa shape index (κ2) is 5.43. The lowest BCUT2D eigenvalue weighted by Crippen LogP contribution is -2.13. The van der Waals surface area contributed by atoms with Crippen LogP contribution in [-0.2, 0) is 0 Å². The van der Waals surface area contributed by atoms with Crippen LogP contribution in [0.4, 0.5) is 0 Å². The van der Waals surface area contributed by atoms with Gasteiger partial charge < -0.3 is 4.74 Å². The van der Waals surface area contributed by atoms with Crippen molar-refractivity contribution in [2.24, 2.45) is 5.41 Å². The fourth-order valence-corrected chi connectivity index (χ4v) is 1.60. The Morgan fingerprint density at radius 1 is 1.25 bits per heavy atom. The molecule has 0 atom stereocenters. The van der Waals surface area contributed by atoms with Crippen LogP contribution in [0.2, 0.25) is 10.0 Å². The molecule has 0 aliphatic heterocycles. The van der Waals surface area contributed by atoms with Gasteiger partial charge in [0, 0.05) is 10.0 Å². The Kier molecular flexibility index (Phi) is 4.46. The number of rotatable bonds is 4. The number of nitrogens with zero attached hydrogens (tertiary/aromatic N) is 1. The predicted octanol–water partition coefficient (Wildman–Crippen LogP) is 4.31. The smallest absolute Gasteiger partial charge is 0.122 e. The molecule has 1 aromatic rings. The molecule has 86 valence electrons.